The first-order valence-electron chi connectivity index (χ1n) is 13.1. The number of thioether (sulfide) groups is 1. The Bertz CT molecular complexity index is 1810. The molecule has 0 radical (unpaired) electrons. The summed E-state index contributed by atoms with van der Waals surface area (Å²) in [6, 6.07) is 29.7. The molecular formula is C30H28N6OS3. The standard InChI is InChI=1S/C30H28N6OS3/c31-26-25-27(32-29(34(26)22-10-4-1-5-11-22)40-21-18-33-16-19-37-20-17-33)35(23-12-6-2-7-13-23)30(39)36(28(25)38)24-14-8-3-9-15-24/h1-15,31H,16-21H2. The monoisotopic (exact) mass is 584 g/mol. The van der Waals surface area contributed by atoms with Crippen molar-refractivity contribution in [3.05, 3.63) is 106 Å². The second-order valence-electron chi connectivity index (χ2n) is 9.34. The summed E-state index contributed by atoms with van der Waals surface area (Å²) in [6.07, 6.45) is 0. The second kappa shape index (κ2) is 12.0. The van der Waals surface area contributed by atoms with Gasteiger partial charge in [-0.15, -0.1) is 0 Å². The van der Waals surface area contributed by atoms with Gasteiger partial charge in [0.2, 0.25) is 0 Å². The van der Waals surface area contributed by atoms with Crippen molar-refractivity contribution < 1.29 is 4.74 Å². The van der Waals surface area contributed by atoms with Gasteiger partial charge in [-0.1, -0.05) is 78.6 Å². The smallest absolute Gasteiger partial charge is 0.191 e. The van der Waals surface area contributed by atoms with E-state index >= 15 is 0 Å². The topological polar surface area (TPSA) is 64.0 Å². The zero-order chi connectivity index (χ0) is 27.5. The van der Waals surface area contributed by atoms with Crippen LogP contribution in [0.15, 0.2) is 96.2 Å². The van der Waals surface area contributed by atoms with Gasteiger partial charge in [-0.3, -0.25) is 24.0 Å². The average Bonchev–Trinajstić information content (AvgIpc) is 2.99. The number of ether oxygens (including phenoxy) is 1. The number of hydrogen-bond donors (Lipinski definition) is 1. The summed E-state index contributed by atoms with van der Waals surface area (Å²) in [4.78, 5) is 7.61. The maximum atomic E-state index is 9.53. The van der Waals surface area contributed by atoms with Crippen molar-refractivity contribution in [3.8, 4) is 17.1 Å². The van der Waals surface area contributed by atoms with Crippen LogP contribution in [0.3, 0.4) is 0 Å². The second-order valence-corrected chi connectivity index (χ2v) is 11.2. The summed E-state index contributed by atoms with van der Waals surface area (Å²) in [5.41, 5.74) is 3.44. The summed E-state index contributed by atoms with van der Waals surface area (Å²) in [5.74, 6) is 0.828. The summed E-state index contributed by atoms with van der Waals surface area (Å²) < 4.78 is 12.2. The summed E-state index contributed by atoms with van der Waals surface area (Å²) in [5, 5.41) is 10.8. The van der Waals surface area contributed by atoms with Crippen LogP contribution in [0, 0.1) is 14.8 Å². The number of nitrogens with zero attached hydrogens (tertiary/aromatic N) is 5. The lowest BCUT2D eigenvalue weighted by molar-refractivity contribution is 0.0410. The van der Waals surface area contributed by atoms with E-state index in [1.165, 1.54) is 0 Å². The molecule has 0 amide bonds. The van der Waals surface area contributed by atoms with Crippen LogP contribution in [0.5, 0.6) is 0 Å². The molecule has 1 fully saturated rings. The Labute approximate surface area is 246 Å². The number of morpholine rings is 1. The third-order valence-electron chi connectivity index (χ3n) is 6.87. The number of para-hydroxylation sites is 3. The van der Waals surface area contributed by atoms with Gasteiger partial charge in [-0.25, -0.2) is 4.98 Å². The lowest BCUT2D eigenvalue weighted by Gasteiger charge is -2.26. The van der Waals surface area contributed by atoms with E-state index in [0.717, 1.165) is 60.8 Å². The normalized spacial score (nSPS) is 14.0. The Morgan fingerprint density at radius 2 is 1.27 bits per heavy atom. The first-order chi connectivity index (χ1) is 19.6. The summed E-state index contributed by atoms with van der Waals surface area (Å²) in [7, 11) is 0. The van der Waals surface area contributed by atoms with E-state index in [9.17, 15) is 5.41 Å². The van der Waals surface area contributed by atoms with Crippen LogP contribution in [-0.2, 0) is 4.74 Å². The Hall–Kier alpha value is -3.41. The molecule has 2 aromatic heterocycles. The van der Waals surface area contributed by atoms with Crippen molar-refractivity contribution in [3.63, 3.8) is 0 Å². The van der Waals surface area contributed by atoms with Gasteiger partial charge in [0.25, 0.3) is 0 Å². The van der Waals surface area contributed by atoms with Crippen LogP contribution >= 0.6 is 36.2 Å². The average molecular weight is 585 g/mol. The van der Waals surface area contributed by atoms with Crippen LogP contribution in [0.4, 0.5) is 0 Å². The Morgan fingerprint density at radius 3 is 1.85 bits per heavy atom. The van der Waals surface area contributed by atoms with E-state index in [1.807, 2.05) is 105 Å². The van der Waals surface area contributed by atoms with Crippen LogP contribution in [0.1, 0.15) is 0 Å². The largest absolute Gasteiger partial charge is 0.379 e. The van der Waals surface area contributed by atoms with E-state index < -0.39 is 0 Å². The number of aromatic nitrogens is 4. The third-order valence-corrected chi connectivity index (χ3v) is 8.54. The molecule has 0 saturated carbocycles. The van der Waals surface area contributed by atoms with Crippen molar-refractivity contribution >= 4 is 47.2 Å². The van der Waals surface area contributed by atoms with E-state index in [0.29, 0.717) is 20.4 Å². The quantitative estimate of drug-likeness (QED) is 0.145. The highest BCUT2D eigenvalue weighted by Crippen LogP contribution is 2.26. The molecule has 40 heavy (non-hydrogen) atoms. The molecule has 0 unspecified atom stereocenters. The fraction of sp³-hybridized carbons (Fsp3) is 0.200. The fourth-order valence-corrected chi connectivity index (χ4v) is 6.71. The van der Waals surface area contributed by atoms with E-state index in [4.69, 9.17) is 34.2 Å². The van der Waals surface area contributed by atoms with Crippen molar-refractivity contribution in [2.24, 2.45) is 0 Å². The van der Waals surface area contributed by atoms with Gasteiger partial charge in [0.1, 0.15) is 10.1 Å². The van der Waals surface area contributed by atoms with E-state index in [2.05, 4.69) is 4.90 Å². The van der Waals surface area contributed by atoms with Gasteiger partial charge in [0, 0.05) is 42.4 Å². The zero-order valence-electron chi connectivity index (χ0n) is 21.8. The molecule has 5 aromatic rings. The minimum atomic E-state index is 0.277. The molecule has 3 aromatic carbocycles. The Morgan fingerprint density at radius 1 is 0.750 bits per heavy atom. The van der Waals surface area contributed by atoms with Crippen molar-refractivity contribution in [1.29, 1.82) is 5.41 Å². The third kappa shape index (κ3) is 5.21. The SMILES string of the molecule is N=c1c2c(=S)n(-c3ccccc3)c(=S)n(-c3ccccc3)c2nc(SCCN2CCOCC2)n1-c1ccccc1. The van der Waals surface area contributed by atoms with Crippen molar-refractivity contribution in [2.45, 2.75) is 5.16 Å². The molecule has 7 nitrogen and oxygen atoms in total. The van der Waals surface area contributed by atoms with E-state index in [1.54, 1.807) is 11.8 Å². The predicted octanol–water partition coefficient (Wildman–Crippen LogP) is 5.97. The number of hydrogen-bond acceptors (Lipinski definition) is 7. The molecular weight excluding hydrogens is 557 g/mol. The molecule has 1 aliphatic heterocycles. The molecule has 3 heterocycles. The molecule has 1 saturated heterocycles. The van der Waals surface area contributed by atoms with Gasteiger partial charge in [0.05, 0.1) is 18.6 Å². The van der Waals surface area contributed by atoms with Gasteiger partial charge < -0.3 is 4.74 Å². The number of fused-ring (bicyclic) bond motifs is 1. The first kappa shape index (κ1) is 26.8. The molecule has 0 aliphatic carbocycles. The highest BCUT2D eigenvalue weighted by atomic mass is 32.2. The van der Waals surface area contributed by atoms with Gasteiger partial charge >= 0.3 is 0 Å². The van der Waals surface area contributed by atoms with Gasteiger partial charge in [-0.05, 0) is 48.6 Å². The van der Waals surface area contributed by atoms with Crippen LogP contribution in [0.25, 0.3) is 28.1 Å². The highest BCUT2D eigenvalue weighted by molar-refractivity contribution is 7.99. The van der Waals surface area contributed by atoms with Crippen LogP contribution < -0.4 is 5.49 Å². The maximum Gasteiger partial charge on any atom is 0.191 e. The van der Waals surface area contributed by atoms with Gasteiger partial charge in [-0.2, -0.15) is 0 Å². The molecule has 1 N–H and O–H groups in total. The van der Waals surface area contributed by atoms with Crippen molar-refractivity contribution in [1.82, 2.24) is 23.6 Å². The van der Waals surface area contributed by atoms with Gasteiger partial charge in [0.15, 0.2) is 15.6 Å². The minimum Gasteiger partial charge on any atom is -0.379 e. The summed E-state index contributed by atoms with van der Waals surface area (Å²) in [6.45, 7) is 4.30. The molecule has 10 heteroatoms. The highest BCUT2D eigenvalue weighted by Gasteiger charge is 2.20. The zero-order valence-corrected chi connectivity index (χ0v) is 24.2. The minimum absolute atomic E-state index is 0.277. The molecule has 1 aliphatic rings. The molecule has 6 rings (SSSR count). The molecule has 0 bridgehead atoms. The summed E-state index contributed by atoms with van der Waals surface area (Å²) >= 11 is 13.8. The Kier molecular flexibility index (Phi) is 8.03. The fourth-order valence-electron chi connectivity index (χ4n) is 4.88. The molecule has 0 spiro atoms. The number of benzene rings is 3. The van der Waals surface area contributed by atoms with Crippen LogP contribution in [-0.4, -0.2) is 62.2 Å². The maximum absolute atomic E-state index is 9.53. The van der Waals surface area contributed by atoms with E-state index in [-0.39, 0.29) is 5.49 Å². The first-order valence-corrected chi connectivity index (χ1v) is 14.9. The predicted molar refractivity (Wildman–Crippen MR) is 165 cm³/mol. The lowest BCUT2D eigenvalue weighted by Crippen LogP contribution is -2.37. The van der Waals surface area contributed by atoms with Crippen LogP contribution in [0.2, 0.25) is 0 Å². The lowest BCUT2D eigenvalue weighted by atomic mass is 10.2. The molecule has 0 atom stereocenters. The Balaban J connectivity index is 1.62. The number of rotatable bonds is 7. The van der Waals surface area contributed by atoms with Crippen molar-refractivity contribution in [2.75, 3.05) is 38.6 Å². The number of nitrogens with one attached hydrogen (secondary N) is 1. The molecule has 202 valence electrons.